The fourth-order valence-electron chi connectivity index (χ4n) is 2.00. The lowest BCUT2D eigenvalue weighted by molar-refractivity contribution is 0.137. The highest BCUT2D eigenvalue weighted by Crippen LogP contribution is 2.11. The van der Waals surface area contributed by atoms with Gasteiger partial charge in [-0.2, -0.15) is 0 Å². The molecule has 0 unspecified atom stereocenters. The van der Waals surface area contributed by atoms with Crippen LogP contribution in [0.1, 0.15) is 11.1 Å². The highest BCUT2D eigenvalue weighted by Gasteiger charge is 2.11. The van der Waals surface area contributed by atoms with Crippen LogP contribution in [0, 0.1) is 0 Å². The van der Waals surface area contributed by atoms with Gasteiger partial charge in [-0.05, 0) is 29.7 Å². The van der Waals surface area contributed by atoms with Crippen molar-refractivity contribution >= 4 is 6.09 Å². The van der Waals surface area contributed by atoms with Crippen molar-refractivity contribution in [3.8, 4) is 5.75 Å². The third-order valence-corrected chi connectivity index (χ3v) is 3.19. The number of ether oxygens (including phenoxy) is 1. The molecule has 2 N–H and O–H groups in total. The van der Waals surface area contributed by atoms with Crippen LogP contribution in [0.15, 0.2) is 67.3 Å². The largest absolute Gasteiger partial charge is 0.508 e. The van der Waals surface area contributed by atoms with E-state index in [0.29, 0.717) is 6.42 Å². The van der Waals surface area contributed by atoms with Crippen molar-refractivity contribution in [2.45, 2.75) is 19.1 Å². The van der Waals surface area contributed by atoms with Gasteiger partial charge in [-0.1, -0.05) is 48.5 Å². The van der Waals surface area contributed by atoms with Gasteiger partial charge in [-0.25, -0.2) is 4.79 Å². The average Bonchev–Trinajstić information content (AvgIpc) is 2.55. The molecule has 2 rings (SSSR count). The predicted molar refractivity (Wildman–Crippen MR) is 85.6 cm³/mol. The van der Waals surface area contributed by atoms with Crippen LogP contribution in [-0.4, -0.2) is 17.2 Å². The van der Waals surface area contributed by atoms with Crippen LogP contribution < -0.4 is 5.32 Å². The maximum absolute atomic E-state index is 11.8. The third-order valence-electron chi connectivity index (χ3n) is 3.19. The van der Waals surface area contributed by atoms with Crippen molar-refractivity contribution in [2.24, 2.45) is 0 Å². The van der Waals surface area contributed by atoms with Crippen molar-refractivity contribution in [2.75, 3.05) is 0 Å². The van der Waals surface area contributed by atoms with Crippen LogP contribution in [-0.2, 0) is 17.8 Å². The number of amides is 1. The van der Waals surface area contributed by atoms with E-state index in [1.165, 1.54) is 0 Å². The zero-order valence-electron chi connectivity index (χ0n) is 12.2. The minimum atomic E-state index is -0.479. The first-order chi connectivity index (χ1) is 10.7. The van der Waals surface area contributed by atoms with Crippen LogP contribution in [0.3, 0.4) is 0 Å². The lowest BCUT2D eigenvalue weighted by Crippen LogP contribution is -2.35. The molecular weight excluding hydrogens is 278 g/mol. The van der Waals surface area contributed by atoms with Gasteiger partial charge in [-0.3, -0.25) is 0 Å². The van der Waals surface area contributed by atoms with E-state index in [1.807, 2.05) is 42.5 Å². The van der Waals surface area contributed by atoms with Gasteiger partial charge in [-0.15, -0.1) is 6.58 Å². The number of hydrogen-bond donors (Lipinski definition) is 2. The smallest absolute Gasteiger partial charge is 0.407 e. The monoisotopic (exact) mass is 297 g/mol. The number of carbonyl (C=O) groups excluding carboxylic acids is 1. The third kappa shape index (κ3) is 4.98. The normalized spacial score (nSPS) is 11.5. The number of aromatic hydroxyl groups is 1. The highest BCUT2D eigenvalue weighted by molar-refractivity contribution is 5.68. The van der Waals surface area contributed by atoms with E-state index in [9.17, 15) is 9.90 Å². The molecule has 2 aromatic rings. The standard InChI is InChI=1S/C18H19NO3/c1-2-16(12-14-8-10-17(20)11-9-14)19-18(21)22-13-15-6-4-3-5-7-15/h2-11,16,20H,1,12-13H2,(H,19,21)/t16-/m1/s1. The van der Waals surface area contributed by atoms with Crippen LogP contribution >= 0.6 is 0 Å². The van der Waals surface area contributed by atoms with E-state index in [0.717, 1.165) is 11.1 Å². The number of rotatable bonds is 6. The van der Waals surface area contributed by atoms with Crippen molar-refractivity contribution in [1.82, 2.24) is 5.32 Å². The topological polar surface area (TPSA) is 58.6 Å². The van der Waals surface area contributed by atoms with Gasteiger partial charge in [0.1, 0.15) is 12.4 Å². The number of phenols is 1. The molecule has 1 atom stereocenters. The van der Waals surface area contributed by atoms with Crippen molar-refractivity contribution in [3.63, 3.8) is 0 Å². The first kappa shape index (κ1) is 15.6. The minimum absolute atomic E-state index is 0.217. The number of carbonyl (C=O) groups is 1. The summed E-state index contributed by atoms with van der Waals surface area (Å²) in [7, 11) is 0. The lowest BCUT2D eigenvalue weighted by atomic mass is 10.1. The quantitative estimate of drug-likeness (QED) is 0.803. The molecule has 4 nitrogen and oxygen atoms in total. The predicted octanol–water partition coefficient (Wildman–Crippen LogP) is 3.42. The van der Waals surface area contributed by atoms with Gasteiger partial charge < -0.3 is 15.2 Å². The Bertz CT molecular complexity index is 608. The van der Waals surface area contributed by atoms with E-state index < -0.39 is 6.09 Å². The molecule has 0 aliphatic rings. The Kier molecular flexibility index (Phi) is 5.60. The molecule has 0 aliphatic heterocycles. The molecule has 0 fully saturated rings. The first-order valence-corrected chi connectivity index (χ1v) is 7.05. The number of phenolic OH excluding ortho intramolecular Hbond substituents is 1. The maximum Gasteiger partial charge on any atom is 0.407 e. The molecule has 114 valence electrons. The second-order valence-electron chi connectivity index (χ2n) is 4.92. The van der Waals surface area contributed by atoms with Crippen molar-refractivity contribution in [3.05, 3.63) is 78.4 Å². The van der Waals surface area contributed by atoms with Crippen LogP contribution in [0.4, 0.5) is 4.79 Å². The van der Waals surface area contributed by atoms with E-state index in [4.69, 9.17) is 4.74 Å². The molecule has 22 heavy (non-hydrogen) atoms. The molecule has 0 spiro atoms. The average molecular weight is 297 g/mol. The summed E-state index contributed by atoms with van der Waals surface area (Å²) in [4.78, 5) is 11.8. The first-order valence-electron chi connectivity index (χ1n) is 7.05. The van der Waals surface area contributed by atoms with Crippen LogP contribution in [0.5, 0.6) is 5.75 Å². The summed E-state index contributed by atoms with van der Waals surface area (Å²) in [6.45, 7) is 3.96. The van der Waals surface area contributed by atoms with Gasteiger partial charge in [0.05, 0.1) is 6.04 Å². The Morgan fingerprint density at radius 1 is 1.14 bits per heavy atom. The molecule has 0 radical (unpaired) electrons. The van der Waals surface area contributed by atoms with E-state index >= 15 is 0 Å². The second-order valence-corrected chi connectivity index (χ2v) is 4.92. The zero-order chi connectivity index (χ0) is 15.8. The Morgan fingerprint density at radius 2 is 1.82 bits per heavy atom. The molecule has 1 amide bonds. The van der Waals surface area contributed by atoms with Gasteiger partial charge in [0.15, 0.2) is 0 Å². The van der Waals surface area contributed by atoms with Gasteiger partial charge in [0, 0.05) is 0 Å². The number of benzene rings is 2. The Labute approximate surface area is 130 Å². The summed E-state index contributed by atoms with van der Waals surface area (Å²) in [5.74, 6) is 0.217. The summed E-state index contributed by atoms with van der Waals surface area (Å²) < 4.78 is 5.18. The summed E-state index contributed by atoms with van der Waals surface area (Å²) >= 11 is 0. The van der Waals surface area contributed by atoms with Gasteiger partial charge in [0.25, 0.3) is 0 Å². The molecule has 2 aromatic carbocycles. The molecule has 4 heteroatoms. The summed E-state index contributed by atoms with van der Waals surface area (Å²) in [6, 6.07) is 16.1. The molecular formula is C18H19NO3. The van der Waals surface area contributed by atoms with Gasteiger partial charge in [0.2, 0.25) is 0 Å². The van der Waals surface area contributed by atoms with Gasteiger partial charge >= 0.3 is 6.09 Å². The van der Waals surface area contributed by atoms with Crippen molar-refractivity contribution < 1.29 is 14.6 Å². The minimum Gasteiger partial charge on any atom is -0.508 e. The maximum atomic E-state index is 11.8. The Balaban J connectivity index is 1.83. The van der Waals surface area contributed by atoms with E-state index in [1.54, 1.807) is 18.2 Å². The van der Waals surface area contributed by atoms with Crippen LogP contribution in [0.25, 0.3) is 0 Å². The molecule has 0 heterocycles. The highest BCUT2D eigenvalue weighted by atomic mass is 16.5. The summed E-state index contributed by atoms with van der Waals surface area (Å²) in [5, 5.41) is 12.0. The Morgan fingerprint density at radius 3 is 2.45 bits per heavy atom. The molecule has 0 saturated heterocycles. The Hall–Kier alpha value is -2.75. The number of hydrogen-bond acceptors (Lipinski definition) is 3. The van der Waals surface area contributed by atoms with E-state index in [-0.39, 0.29) is 18.4 Å². The fraction of sp³-hybridized carbons (Fsp3) is 0.167. The molecule has 0 saturated carbocycles. The molecule has 0 bridgehead atoms. The lowest BCUT2D eigenvalue weighted by Gasteiger charge is -2.15. The van der Waals surface area contributed by atoms with Crippen LogP contribution in [0.2, 0.25) is 0 Å². The number of nitrogens with one attached hydrogen (secondary N) is 1. The summed E-state index contributed by atoms with van der Waals surface area (Å²) in [5.41, 5.74) is 1.93. The fourth-order valence-corrected chi connectivity index (χ4v) is 2.00. The molecule has 0 aromatic heterocycles. The number of alkyl carbamates (subject to hydrolysis) is 1. The SMILES string of the molecule is C=C[C@H](Cc1ccc(O)cc1)NC(=O)OCc1ccccc1. The second kappa shape index (κ2) is 7.88. The molecule has 0 aliphatic carbocycles. The summed E-state index contributed by atoms with van der Waals surface area (Å²) in [6.07, 6.45) is 1.77. The van der Waals surface area contributed by atoms with Crippen molar-refractivity contribution in [1.29, 1.82) is 0 Å². The zero-order valence-corrected chi connectivity index (χ0v) is 12.2. The van der Waals surface area contributed by atoms with E-state index in [2.05, 4.69) is 11.9 Å².